The van der Waals surface area contributed by atoms with Crippen LogP contribution in [0, 0.1) is 17.8 Å². The predicted molar refractivity (Wildman–Crippen MR) is 75.3 cm³/mol. The molecule has 0 spiro atoms. The van der Waals surface area contributed by atoms with Crippen LogP contribution in [-0.2, 0) is 9.59 Å². The molecule has 4 atom stereocenters. The first kappa shape index (κ1) is 16.0. The van der Waals surface area contributed by atoms with Crippen molar-refractivity contribution in [2.24, 2.45) is 23.5 Å². The van der Waals surface area contributed by atoms with Crippen molar-refractivity contribution in [2.75, 3.05) is 6.54 Å². The van der Waals surface area contributed by atoms with Gasteiger partial charge in [0, 0.05) is 6.04 Å². The van der Waals surface area contributed by atoms with Crippen LogP contribution in [0.3, 0.4) is 0 Å². The van der Waals surface area contributed by atoms with Crippen LogP contribution < -0.4 is 16.4 Å². The van der Waals surface area contributed by atoms with Crippen LogP contribution >= 0.6 is 0 Å². The summed E-state index contributed by atoms with van der Waals surface area (Å²) >= 11 is 0. The molecule has 0 heterocycles. The molecule has 5 nitrogen and oxygen atoms in total. The van der Waals surface area contributed by atoms with Crippen molar-refractivity contribution >= 4 is 11.8 Å². The number of nitrogens with one attached hydrogen (secondary N) is 2. The second kappa shape index (κ2) is 6.89. The lowest BCUT2D eigenvalue weighted by atomic mass is 9.98. The summed E-state index contributed by atoms with van der Waals surface area (Å²) in [5.41, 5.74) is 5.71. The molecule has 0 saturated heterocycles. The van der Waals surface area contributed by atoms with E-state index in [1.807, 2.05) is 13.8 Å². The first-order valence-electron chi connectivity index (χ1n) is 7.15. The smallest absolute Gasteiger partial charge is 0.239 e. The summed E-state index contributed by atoms with van der Waals surface area (Å²) < 4.78 is 0. The fraction of sp³-hybridized carbons (Fsp3) is 0.857. The maximum absolute atomic E-state index is 11.8. The highest BCUT2D eigenvalue weighted by Crippen LogP contribution is 2.30. The predicted octanol–water partition coefficient (Wildman–Crippen LogP) is 0.637. The maximum atomic E-state index is 11.8. The van der Waals surface area contributed by atoms with E-state index in [1.54, 1.807) is 0 Å². The van der Waals surface area contributed by atoms with Gasteiger partial charge in [0.1, 0.15) is 0 Å². The minimum Gasteiger partial charge on any atom is -0.352 e. The highest BCUT2D eigenvalue weighted by Gasteiger charge is 2.30. The fourth-order valence-corrected chi connectivity index (χ4v) is 2.41. The average molecular weight is 269 g/mol. The van der Waals surface area contributed by atoms with E-state index in [2.05, 4.69) is 24.5 Å². The van der Waals surface area contributed by atoms with E-state index in [-0.39, 0.29) is 30.3 Å². The number of hydrogen-bond donors (Lipinski definition) is 3. The number of nitrogens with two attached hydrogens (primary N) is 1. The zero-order valence-electron chi connectivity index (χ0n) is 12.4. The molecule has 1 fully saturated rings. The van der Waals surface area contributed by atoms with Gasteiger partial charge in [0.25, 0.3) is 0 Å². The highest BCUT2D eigenvalue weighted by atomic mass is 16.2. The van der Waals surface area contributed by atoms with Crippen LogP contribution in [0.25, 0.3) is 0 Å². The van der Waals surface area contributed by atoms with Crippen LogP contribution in [0.15, 0.2) is 0 Å². The molecule has 0 radical (unpaired) electrons. The van der Waals surface area contributed by atoms with Gasteiger partial charge in [-0.25, -0.2) is 0 Å². The van der Waals surface area contributed by atoms with Crippen molar-refractivity contribution < 1.29 is 9.59 Å². The van der Waals surface area contributed by atoms with Crippen molar-refractivity contribution in [1.82, 2.24) is 10.6 Å². The zero-order valence-corrected chi connectivity index (χ0v) is 12.4. The lowest BCUT2D eigenvalue weighted by Crippen LogP contribution is -2.48. The zero-order chi connectivity index (χ0) is 14.6. The average Bonchev–Trinajstić information content (AvgIpc) is 2.66. The van der Waals surface area contributed by atoms with E-state index in [4.69, 9.17) is 5.73 Å². The van der Waals surface area contributed by atoms with Gasteiger partial charge in [-0.2, -0.15) is 0 Å². The first-order valence-corrected chi connectivity index (χ1v) is 7.15. The minimum absolute atomic E-state index is 0.0108. The Hall–Kier alpha value is -1.10. The standard InChI is InChI=1S/C14H27N3O2/c1-8(2)13(15)14(19)16-7-12(18)17-11-6-5-9(3)10(11)4/h8-11,13H,5-7,15H2,1-4H3,(H,16,19)(H,17,18)/t9?,10?,11?,13-/m0/s1. The van der Waals surface area contributed by atoms with Crippen molar-refractivity contribution in [3.8, 4) is 0 Å². The number of carbonyl (C=O) groups is 2. The van der Waals surface area contributed by atoms with Crippen LogP contribution in [0.2, 0.25) is 0 Å². The summed E-state index contributed by atoms with van der Waals surface area (Å²) in [5.74, 6) is 0.818. The molecule has 5 heteroatoms. The summed E-state index contributed by atoms with van der Waals surface area (Å²) in [5, 5.41) is 5.58. The Morgan fingerprint density at radius 2 is 1.89 bits per heavy atom. The van der Waals surface area contributed by atoms with Crippen molar-refractivity contribution in [1.29, 1.82) is 0 Å². The van der Waals surface area contributed by atoms with Gasteiger partial charge in [0.05, 0.1) is 12.6 Å². The minimum atomic E-state index is -0.557. The monoisotopic (exact) mass is 269 g/mol. The third kappa shape index (κ3) is 4.49. The Bertz CT molecular complexity index is 331. The molecule has 0 bridgehead atoms. The molecular formula is C14H27N3O2. The second-order valence-corrected chi connectivity index (χ2v) is 6.08. The summed E-state index contributed by atoms with van der Waals surface area (Å²) in [6, 6.07) is -0.323. The van der Waals surface area contributed by atoms with Crippen molar-refractivity contribution in [3.63, 3.8) is 0 Å². The van der Waals surface area contributed by atoms with Crippen molar-refractivity contribution in [3.05, 3.63) is 0 Å². The topological polar surface area (TPSA) is 84.2 Å². The van der Waals surface area contributed by atoms with E-state index in [1.165, 1.54) is 0 Å². The molecule has 19 heavy (non-hydrogen) atoms. The SMILES string of the molecule is CC1CCC(NC(=O)CNC(=O)[C@@H](N)C(C)C)C1C. The number of amides is 2. The lowest BCUT2D eigenvalue weighted by molar-refractivity contribution is -0.127. The number of rotatable bonds is 5. The number of hydrogen-bond acceptors (Lipinski definition) is 3. The summed E-state index contributed by atoms with van der Waals surface area (Å²) in [6.45, 7) is 8.14. The third-order valence-corrected chi connectivity index (χ3v) is 4.26. The molecule has 1 rings (SSSR count). The Morgan fingerprint density at radius 1 is 1.26 bits per heavy atom. The third-order valence-electron chi connectivity index (χ3n) is 4.26. The van der Waals surface area contributed by atoms with Gasteiger partial charge < -0.3 is 16.4 Å². The van der Waals surface area contributed by atoms with E-state index in [0.717, 1.165) is 12.8 Å². The van der Waals surface area contributed by atoms with Crippen LogP contribution in [0.4, 0.5) is 0 Å². The summed E-state index contributed by atoms with van der Waals surface area (Å²) in [6.07, 6.45) is 2.17. The molecule has 1 saturated carbocycles. The van der Waals surface area contributed by atoms with Gasteiger partial charge in [0.2, 0.25) is 11.8 Å². The van der Waals surface area contributed by atoms with Crippen LogP contribution in [0.1, 0.15) is 40.5 Å². The molecule has 1 aliphatic rings. The van der Waals surface area contributed by atoms with E-state index in [9.17, 15) is 9.59 Å². The first-order chi connectivity index (χ1) is 8.82. The van der Waals surface area contributed by atoms with Gasteiger partial charge in [-0.3, -0.25) is 9.59 Å². The van der Waals surface area contributed by atoms with Gasteiger partial charge in [-0.15, -0.1) is 0 Å². The van der Waals surface area contributed by atoms with Gasteiger partial charge in [-0.05, 0) is 30.6 Å². The molecule has 4 N–H and O–H groups in total. The van der Waals surface area contributed by atoms with Crippen LogP contribution in [-0.4, -0.2) is 30.4 Å². The fourth-order valence-electron chi connectivity index (χ4n) is 2.41. The molecule has 0 aliphatic heterocycles. The Balaban J connectivity index is 2.31. The summed E-state index contributed by atoms with van der Waals surface area (Å²) in [4.78, 5) is 23.4. The van der Waals surface area contributed by atoms with Crippen molar-refractivity contribution in [2.45, 2.75) is 52.6 Å². The highest BCUT2D eigenvalue weighted by molar-refractivity contribution is 5.87. The molecule has 110 valence electrons. The molecule has 0 aromatic heterocycles. The molecule has 1 aliphatic carbocycles. The quantitative estimate of drug-likeness (QED) is 0.684. The normalized spacial score (nSPS) is 28.2. The van der Waals surface area contributed by atoms with Gasteiger partial charge in [0.15, 0.2) is 0 Å². The molecule has 2 amide bonds. The molecule has 3 unspecified atom stereocenters. The van der Waals surface area contributed by atoms with E-state index in [0.29, 0.717) is 11.8 Å². The van der Waals surface area contributed by atoms with E-state index >= 15 is 0 Å². The molecule has 0 aromatic carbocycles. The number of carbonyl (C=O) groups excluding carboxylic acids is 2. The largest absolute Gasteiger partial charge is 0.352 e. The van der Waals surface area contributed by atoms with Gasteiger partial charge in [-0.1, -0.05) is 27.7 Å². The van der Waals surface area contributed by atoms with E-state index < -0.39 is 6.04 Å². The summed E-state index contributed by atoms with van der Waals surface area (Å²) in [7, 11) is 0. The Labute approximate surface area is 115 Å². The second-order valence-electron chi connectivity index (χ2n) is 6.08. The van der Waals surface area contributed by atoms with Crippen LogP contribution in [0.5, 0.6) is 0 Å². The Kier molecular flexibility index (Phi) is 5.79. The Morgan fingerprint density at radius 3 is 2.37 bits per heavy atom. The molecular weight excluding hydrogens is 242 g/mol. The molecule has 0 aromatic rings. The lowest BCUT2D eigenvalue weighted by Gasteiger charge is -2.20. The maximum Gasteiger partial charge on any atom is 0.239 e. The van der Waals surface area contributed by atoms with Gasteiger partial charge >= 0.3 is 0 Å².